The van der Waals surface area contributed by atoms with Crippen LogP contribution in [0.4, 0.5) is 14.9 Å². The highest BCUT2D eigenvalue weighted by Crippen LogP contribution is 2.37. The van der Waals surface area contributed by atoms with Crippen molar-refractivity contribution < 1.29 is 33.0 Å². The highest BCUT2D eigenvalue weighted by molar-refractivity contribution is 9.10. The number of urea groups is 1. The van der Waals surface area contributed by atoms with Crippen molar-refractivity contribution in [3.05, 3.63) is 57.8 Å². The number of rotatable bonds is 6. The quantitative estimate of drug-likeness (QED) is 0.421. The van der Waals surface area contributed by atoms with Gasteiger partial charge in [-0.2, -0.15) is 0 Å². The van der Waals surface area contributed by atoms with E-state index in [1.807, 2.05) is 10.6 Å². The Morgan fingerprint density at radius 3 is 2.48 bits per heavy atom. The standard InChI is InChI=1S/C20H15BrFN3O6/c1-30-15-8-10(6-11-18(27)24-20(29)25-19(11)28)7-12(21)17(15)31-9-16(26)23-14-5-3-2-4-13(14)22/h2-8H,9H2,1H3,(H,23,26)(H2,24,25,27,28,29). The van der Waals surface area contributed by atoms with Gasteiger partial charge in [0.05, 0.1) is 17.3 Å². The molecule has 2 aromatic carbocycles. The molecule has 1 aliphatic rings. The molecular formula is C20H15BrFN3O6. The van der Waals surface area contributed by atoms with E-state index in [0.717, 1.165) is 0 Å². The Morgan fingerprint density at radius 2 is 1.84 bits per heavy atom. The first-order valence-electron chi connectivity index (χ1n) is 8.71. The predicted molar refractivity (Wildman–Crippen MR) is 111 cm³/mol. The van der Waals surface area contributed by atoms with Crippen molar-refractivity contribution in [2.45, 2.75) is 0 Å². The van der Waals surface area contributed by atoms with Gasteiger partial charge in [0.2, 0.25) is 0 Å². The van der Waals surface area contributed by atoms with Crippen LogP contribution < -0.4 is 25.4 Å². The van der Waals surface area contributed by atoms with Gasteiger partial charge >= 0.3 is 6.03 Å². The third kappa shape index (κ3) is 5.25. The van der Waals surface area contributed by atoms with Gasteiger partial charge in [-0.25, -0.2) is 9.18 Å². The fourth-order valence-electron chi connectivity index (χ4n) is 2.62. The highest BCUT2D eigenvalue weighted by Gasteiger charge is 2.28. The summed E-state index contributed by atoms with van der Waals surface area (Å²) in [5.41, 5.74) is 0.139. The number of benzene rings is 2. The minimum absolute atomic E-state index is 0.0200. The molecule has 0 aromatic heterocycles. The summed E-state index contributed by atoms with van der Waals surface area (Å²) in [4.78, 5) is 47.0. The van der Waals surface area contributed by atoms with Crippen LogP contribution in [-0.4, -0.2) is 37.5 Å². The van der Waals surface area contributed by atoms with Gasteiger partial charge in [-0.05, 0) is 51.8 Å². The summed E-state index contributed by atoms with van der Waals surface area (Å²) in [6, 6.07) is 7.80. The van der Waals surface area contributed by atoms with Crippen molar-refractivity contribution in [2.75, 3.05) is 19.0 Å². The van der Waals surface area contributed by atoms with Crippen LogP contribution in [0.5, 0.6) is 11.5 Å². The zero-order chi connectivity index (χ0) is 22.5. The van der Waals surface area contributed by atoms with Gasteiger partial charge in [0.25, 0.3) is 17.7 Å². The first-order valence-corrected chi connectivity index (χ1v) is 9.51. The number of nitrogens with one attached hydrogen (secondary N) is 3. The number of para-hydroxylation sites is 1. The zero-order valence-corrected chi connectivity index (χ0v) is 17.5. The second-order valence-electron chi connectivity index (χ2n) is 6.15. The summed E-state index contributed by atoms with van der Waals surface area (Å²) in [5.74, 6) is -2.47. The van der Waals surface area contributed by atoms with Crippen molar-refractivity contribution in [2.24, 2.45) is 0 Å². The van der Waals surface area contributed by atoms with Gasteiger partial charge in [0, 0.05) is 0 Å². The Kier molecular flexibility index (Phi) is 6.65. The van der Waals surface area contributed by atoms with Crippen molar-refractivity contribution in [1.29, 1.82) is 0 Å². The number of carbonyl (C=O) groups excluding carboxylic acids is 4. The summed E-state index contributed by atoms with van der Waals surface area (Å²) in [5, 5.41) is 6.34. The lowest BCUT2D eigenvalue weighted by atomic mass is 10.1. The van der Waals surface area contributed by atoms with Crippen LogP contribution in [0.1, 0.15) is 5.56 Å². The predicted octanol–water partition coefficient (Wildman–Crippen LogP) is 2.36. The first kappa shape index (κ1) is 22.0. The van der Waals surface area contributed by atoms with E-state index in [1.54, 1.807) is 6.07 Å². The highest BCUT2D eigenvalue weighted by atomic mass is 79.9. The Morgan fingerprint density at radius 1 is 1.16 bits per heavy atom. The molecule has 0 radical (unpaired) electrons. The second kappa shape index (κ2) is 9.39. The lowest BCUT2D eigenvalue weighted by molar-refractivity contribution is -0.124. The van der Waals surface area contributed by atoms with Crippen LogP contribution >= 0.6 is 15.9 Å². The molecule has 0 spiro atoms. The molecule has 2 aromatic rings. The van der Waals surface area contributed by atoms with E-state index in [0.29, 0.717) is 10.0 Å². The average Bonchev–Trinajstić information content (AvgIpc) is 2.71. The van der Waals surface area contributed by atoms with Gasteiger partial charge in [-0.15, -0.1) is 0 Å². The lowest BCUT2D eigenvalue weighted by Gasteiger charge is -2.16. The summed E-state index contributed by atoms with van der Waals surface area (Å²) in [7, 11) is 1.36. The number of carbonyl (C=O) groups is 4. The third-order valence-corrected chi connectivity index (χ3v) is 4.59. The summed E-state index contributed by atoms with van der Waals surface area (Å²) in [6.45, 7) is -0.434. The van der Waals surface area contributed by atoms with Crippen LogP contribution in [0.3, 0.4) is 0 Å². The van der Waals surface area contributed by atoms with E-state index in [4.69, 9.17) is 9.47 Å². The number of methoxy groups -OCH3 is 1. The van der Waals surface area contributed by atoms with Crippen LogP contribution in [0.25, 0.3) is 6.08 Å². The monoisotopic (exact) mass is 491 g/mol. The number of hydrogen-bond donors (Lipinski definition) is 3. The summed E-state index contributed by atoms with van der Waals surface area (Å²) < 4.78 is 24.8. The topological polar surface area (TPSA) is 123 Å². The minimum Gasteiger partial charge on any atom is -0.493 e. The van der Waals surface area contributed by atoms with E-state index in [1.165, 1.54) is 43.5 Å². The summed E-state index contributed by atoms with van der Waals surface area (Å²) >= 11 is 3.29. The number of ether oxygens (including phenoxy) is 2. The third-order valence-electron chi connectivity index (χ3n) is 4.00. The molecule has 0 aliphatic carbocycles. The van der Waals surface area contributed by atoms with E-state index < -0.39 is 36.2 Å². The van der Waals surface area contributed by atoms with Gasteiger partial charge in [0.1, 0.15) is 11.4 Å². The van der Waals surface area contributed by atoms with Crippen LogP contribution in [0.2, 0.25) is 0 Å². The molecule has 1 heterocycles. The number of anilines is 1. The van der Waals surface area contributed by atoms with Crippen molar-refractivity contribution in [3.63, 3.8) is 0 Å². The van der Waals surface area contributed by atoms with Crippen LogP contribution in [0, 0.1) is 5.82 Å². The number of barbiturate groups is 1. The molecule has 1 aliphatic heterocycles. The second-order valence-corrected chi connectivity index (χ2v) is 7.00. The SMILES string of the molecule is COc1cc(C=C2C(=O)NC(=O)NC2=O)cc(Br)c1OCC(=O)Nc1ccccc1F. The molecule has 160 valence electrons. The van der Waals surface area contributed by atoms with E-state index in [-0.39, 0.29) is 22.8 Å². The minimum atomic E-state index is -0.900. The van der Waals surface area contributed by atoms with Crippen LogP contribution in [0.15, 0.2) is 46.4 Å². The van der Waals surface area contributed by atoms with E-state index in [9.17, 15) is 23.6 Å². The van der Waals surface area contributed by atoms with Crippen molar-refractivity contribution in [1.82, 2.24) is 10.6 Å². The van der Waals surface area contributed by atoms with Crippen molar-refractivity contribution >= 4 is 51.4 Å². The normalized spacial score (nSPS) is 13.3. The molecule has 9 nitrogen and oxygen atoms in total. The fourth-order valence-corrected chi connectivity index (χ4v) is 3.20. The van der Waals surface area contributed by atoms with Gasteiger partial charge < -0.3 is 14.8 Å². The Bertz CT molecular complexity index is 1100. The maximum Gasteiger partial charge on any atom is 0.328 e. The average molecular weight is 492 g/mol. The largest absolute Gasteiger partial charge is 0.493 e. The molecule has 1 fully saturated rings. The van der Waals surface area contributed by atoms with Gasteiger partial charge in [-0.3, -0.25) is 25.0 Å². The smallest absolute Gasteiger partial charge is 0.328 e. The lowest BCUT2D eigenvalue weighted by Crippen LogP contribution is -2.51. The summed E-state index contributed by atoms with van der Waals surface area (Å²) in [6.07, 6.45) is 1.26. The molecule has 31 heavy (non-hydrogen) atoms. The molecule has 3 N–H and O–H groups in total. The molecule has 0 saturated carbocycles. The van der Waals surface area contributed by atoms with Crippen LogP contribution in [-0.2, 0) is 14.4 Å². The first-order chi connectivity index (χ1) is 14.8. The Hall–Kier alpha value is -3.73. The molecule has 1 saturated heterocycles. The molecule has 11 heteroatoms. The zero-order valence-electron chi connectivity index (χ0n) is 16.0. The molecular weight excluding hydrogens is 477 g/mol. The molecule has 5 amide bonds. The maximum absolute atomic E-state index is 13.6. The molecule has 0 atom stereocenters. The van der Waals surface area contributed by atoms with Crippen molar-refractivity contribution in [3.8, 4) is 11.5 Å². The fraction of sp³-hybridized carbons (Fsp3) is 0.100. The Labute approximate surface area is 183 Å². The Balaban J connectivity index is 1.77. The molecule has 0 bridgehead atoms. The number of imide groups is 2. The number of amides is 5. The van der Waals surface area contributed by atoms with E-state index in [2.05, 4.69) is 21.2 Å². The van der Waals surface area contributed by atoms with Gasteiger partial charge in [0.15, 0.2) is 18.1 Å². The van der Waals surface area contributed by atoms with E-state index >= 15 is 0 Å². The number of hydrogen-bond acceptors (Lipinski definition) is 6. The maximum atomic E-state index is 13.6. The molecule has 0 unspecified atom stereocenters. The van der Waals surface area contributed by atoms with Gasteiger partial charge in [-0.1, -0.05) is 12.1 Å². The molecule has 3 rings (SSSR count). The number of halogens is 2.